The quantitative estimate of drug-likeness (QED) is 0.920. The average Bonchev–Trinajstić information content (AvgIpc) is 2.46. The molecule has 0 radical (unpaired) electrons. The van der Waals surface area contributed by atoms with Gasteiger partial charge in [-0.25, -0.2) is 4.39 Å². The second-order valence-corrected chi connectivity index (χ2v) is 6.55. The molecule has 118 valence electrons. The van der Waals surface area contributed by atoms with Crippen LogP contribution in [0.1, 0.15) is 34.1 Å². The maximum Gasteiger partial charge on any atom is 0.167 e. The number of hydrogen-bond acceptors (Lipinski definition) is 3. The first-order chi connectivity index (χ1) is 9.90. The molecule has 0 spiro atoms. The third-order valence-corrected chi connectivity index (χ3v) is 4.67. The molecule has 0 aromatic heterocycles. The summed E-state index contributed by atoms with van der Waals surface area (Å²) in [4.78, 5) is 2.34. The van der Waals surface area contributed by atoms with Crippen molar-refractivity contribution < 1.29 is 9.13 Å². The summed E-state index contributed by atoms with van der Waals surface area (Å²) in [5, 5.41) is 3.65. The highest BCUT2D eigenvalue weighted by Gasteiger charge is 2.36. The standard InChI is InChI=1S/C17H27FN2O/c1-6-17(4)11-20(15(10-19-17)12(2)3)13-7-8-16(21-5)14(18)9-13/h7-9,12,15,19H,6,10-11H2,1-5H3. The summed E-state index contributed by atoms with van der Waals surface area (Å²) >= 11 is 0. The van der Waals surface area contributed by atoms with E-state index in [-0.39, 0.29) is 11.4 Å². The van der Waals surface area contributed by atoms with E-state index < -0.39 is 0 Å². The molecule has 1 aromatic carbocycles. The van der Waals surface area contributed by atoms with Gasteiger partial charge in [-0.2, -0.15) is 0 Å². The highest BCUT2D eigenvalue weighted by molar-refractivity contribution is 5.52. The number of benzene rings is 1. The van der Waals surface area contributed by atoms with Crippen LogP contribution in [-0.4, -0.2) is 31.8 Å². The molecule has 1 fully saturated rings. The molecule has 0 bridgehead atoms. The molecule has 3 nitrogen and oxygen atoms in total. The second-order valence-electron chi connectivity index (χ2n) is 6.55. The molecule has 1 heterocycles. The van der Waals surface area contributed by atoms with Gasteiger partial charge >= 0.3 is 0 Å². The van der Waals surface area contributed by atoms with Crippen LogP contribution in [-0.2, 0) is 0 Å². The number of methoxy groups -OCH3 is 1. The Morgan fingerprint density at radius 3 is 2.71 bits per heavy atom. The van der Waals surface area contributed by atoms with Crippen molar-refractivity contribution >= 4 is 5.69 Å². The first kappa shape index (κ1) is 16.1. The van der Waals surface area contributed by atoms with E-state index in [1.54, 1.807) is 12.1 Å². The van der Waals surface area contributed by atoms with Crippen molar-refractivity contribution in [1.29, 1.82) is 0 Å². The molecule has 0 saturated carbocycles. The predicted molar refractivity (Wildman–Crippen MR) is 85.6 cm³/mol. The number of anilines is 1. The van der Waals surface area contributed by atoms with Crippen LogP contribution in [0.4, 0.5) is 10.1 Å². The van der Waals surface area contributed by atoms with Crippen molar-refractivity contribution in [2.24, 2.45) is 5.92 Å². The van der Waals surface area contributed by atoms with Gasteiger partial charge in [-0.3, -0.25) is 0 Å². The Labute approximate surface area is 127 Å². The molecule has 4 heteroatoms. The minimum absolute atomic E-state index is 0.0712. The summed E-state index contributed by atoms with van der Waals surface area (Å²) in [6.07, 6.45) is 1.05. The highest BCUT2D eigenvalue weighted by Crippen LogP contribution is 2.31. The van der Waals surface area contributed by atoms with Gasteiger partial charge in [-0.15, -0.1) is 0 Å². The average molecular weight is 294 g/mol. The van der Waals surface area contributed by atoms with Crippen LogP contribution in [0.2, 0.25) is 0 Å². The smallest absolute Gasteiger partial charge is 0.167 e. The Morgan fingerprint density at radius 1 is 1.48 bits per heavy atom. The van der Waals surface area contributed by atoms with Crippen LogP contribution in [0.15, 0.2) is 18.2 Å². The van der Waals surface area contributed by atoms with Gasteiger partial charge in [0.25, 0.3) is 0 Å². The fraction of sp³-hybridized carbons (Fsp3) is 0.647. The fourth-order valence-corrected chi connectivity index (χ4v) is 2.96. The van der Waals surface area contributed by atoms with Crippen LogP contribution in [0.3, 0.4) is 0 Å². The second kappa shape index (κ2) is 6.22. The number of piperazine rings is 1. The number of nitrogens with zero attached hydrogens (tertiary/aromatic N) is 1. The lowest BCUT2D eigenvalue weighted by Crippen LogP contribution is -2.64. The lowest BCUT2D eigenvalue weighted by Gasteiger charge is -2.48. The lowest BCUT2D eigenvalue weighted by atomic mass is 9.89. The molecule has 2 rings (SSSR count). The molecule has 21 heavy (non-hydrogen) atoms. The minimum atomic E-state index is -0.297. The lowest BCUT2D eigenvalue weighted by molar-refractivity contribution is 0.252. The summed E-state index contributed by atoms with van der Waals surface area (Å²) in [6.45, 7) is 10.7. The van der Waals surface area contributed by atoms with E-state index in [1.807, 2.05) is 6.07 Å². The molecule has 1 aliphatic heterocycles. The first-order valence-electron chi connectivity index (χ1n) is 7.75. The van der Waals surface area contributed by atoms with E-state index in [4.69, 9.17) is 4.74 Å². The van der Waals surface area contributed by atoms with Gasteiger partial charge in [0, 0.05) is 36.4 Å². The van der Waals surface area contributed by atoms with Crippen LogP contribution in [0, 0.1) is 11.7 Å². The van der Waals surface area contributed by atoms with Gasteiger partial charge in [0.1, 0.15) is 0 Å². The van der Waals surface area contributed by atoms with Crippen LogP contribution >= 0.6 is 0 Å². The molecule has 2 atom stereocenters. The van der Waals surface area contributed by atoms with Crippen molar-refractivity contribution in [3.05, 3.63) is 24.0 Å². The van der Waals surface area contributed by atoms with Crippen LogP contribution in [0.5, 0.6) is 5.75 Å². The van der Waals surface area contributed by atoms with E-state index in [0.717, 1.165) is 25.2 Å². The Hall–Kier alpha value is -1.29. The van der Waals surface area contributed by atoms with Crippen LogP contribution < -0.4 is 15.0 Å². The monoisotopic (exact) mass is 294 g/mol. The summed E-state index contributed by atoms with van der Waals surface area (Å²) in [6, 6.07) is 5.64. The predicted octanol–water partition coefficient (Wildman–Crippen LogP) is 3.44. The van der Waals surface area contributed by atoms with Crippen molar-refractivity contribution in [2.45, 2.75) is 45.7 Å². The first-order valence-corrected chi connectivity index (χ1v) is 7.75. The molecule has 2 unspecified atom stereocenters. The summed E-state index contributed by atoms with van der Waals surface area (Å²) < 4.78 is 19.1. The van der Waals surface area contributed by atoms with E-state index in [1.165, 1.54) is 7.11 Å². The van der Waals surface area contributed by atoms with E-state index in [2.05, 4.69) is 37.9 Å². The van der Waals surface area contributed by atoms with Gasteiger partial charge < -0.3 is 15.0 Å². The van der Waals surface area contributed by atoms with Gasteiger partial charge in [-0.05, 0) is 31.4 Å². The summed E-state index contributed by atoms with van der Waals surface area (Å²) in [5.74, 6) is 0.506. The molecular weight excluding hydrogens is 267 g/mol. The van der Waals surface area contributed by atoms with Gasteiger partial charge in [-0.1, -0.05) is 20.8 Å². The van der Waals surface area contributed by atoms with Crippen molar-refractivity contribution in [2.75, 3.05) is 25.1 Å². The molecule has 1 N–H and O–H groups in total. The summed E-state index contributed by atoms with van der Waals surface area (Å²) in [5.41, 5.74) is 1.01. The Bertz CT molecular complexity index is 492. The Balaban J connectivity index is 2.33. The zero-order chi connectivity index (χ0) is 15.6. The number of rotatable bonds is 4. The zero-order valence-electron chi connectivity index (χ0n) is 13.7. The topological polar surface area (TPSA) is 24.5 Å². The van der Waals surface area contributed by atoms with Crippen molar-refractivity contribution in [1.82, 2.24) is 5.32 Å². The van der Waals surface area contributed by atoms with Crippen LogP contribution in [0.25, 0.3) is 0 Å². The third kappa shape index (κ3) is 3.31. The molecule has 1 saturated heterocycles. The number of hydrogen-bond donors (Lipinski definition) is 1. The largest absolute Gasteiger partial charge is 0.494 e. The van der Waals surface area contributed by atoms with Gasteiger partial charge in [0.15, 0.2) is 11.6 Å². The molecule has 0 amide bonds. The Morgan fingerprint density at radius 2 is 2.19 bits per heavy atom. The minimum Gasteiger partial charge on any atom is -0.494 e. The number of halogens is 1. The fourth-order valence-electron chi connectivity index (χ4n) is 2.96. The maximum atomic E-state index is 14.0. The van der Waals surface area contributed by atoms with E-state index >= 15 is 0 Å². The normalized spacial score (nSPS) is 26.2. The number of nitrogens with one attached hydrogen (secondary N) is 1. The van der Waals surface area contributed by atoms with Gasteiger partial charge in [0.2, 0.25) is 0 Å². The van der Waals surface area contributed by atoms with E-state index in [0.29, 0.717) is 17.7 Å². The maximum absolute atomic E-state index is 14.0. The van der Waals surface area contributed by atoms with Gasteiger partial charge in [0.05, 0.1) is 7.11 Å². The van der Waals surface area contributed by atoms with E-state index in [9.17, 15) is 4.39 Å². The molecule has 0 aliphatic carbocycles. The zero-order valence-corrected chi connectivity index (χ0v) is 13.7. The van der Waals surface area contributed by atoms with Crippen molar-refractivity contribution in [3.63, 3.8) is 0 Å². The molecule has 1 aliphatic rings. The van der Waals surface area contributed by atoms with Crippen molar-refractivity contribution in [3.8, 4) is 5.75 Å². The molecular formula is C17H27FN2O. The Kier molecular flexibility index (Phi) is 4.77. The SMILES string of the molecule is CCC1(C)CN(c2ccc(OC)c(F)c2)C(C(C)C)CN1. The third-order valence-electron chi connectivity index (χ3n) is 4.67. The summed E-state index contributed by atoms with van der Waals surface area (Å²) in [7, 11) is 1.49. The molecule has 1 aromatic rings. The number of ether oxygens (including phenoxy) is 1. The highest BCUT2D eigenvalue weighted by atomic mass is 19.1.